The molecule has 0 bridgehead atoms. The first kappa shape index (κ1) is 14.3. The molecule has 0 unspecified atom stereocenters. The first-order valence-electron chi connectivity index (χ1n) is 7.65. The molecule has 4 rings (SSSR count). The Morgan fingerprint density at radius 1 is 1.30 bits per heavy atom. The van der Waals surface area contributed by atoms with Crippen molar-refractivity contribution in [1.29, 1.82) is 0 Å². The number of likely N-dealkylation sites (tertiary alicyclic amines) is 1. The number of aliphatic hydroxyl groups excluding tert-OH is 1. The standard InChI is InChI=1S/C17H17FN4O/c18-13-4-1-3-12(7-13)16-8-15(23)11-22(16)10-14-9-21-6-2-5-19-17(21)20-14/h1-7,9,15-16,23H,8,10-11H2/t15-,16-/m1/s1. The van der Waals surface area contributed by atoms with Crippen LogP contribution in [0.5, 0.6) is 0 Å². The molecule has 1 aromatic carbocycles. The highest BCUT2D eigenvalue weighted by atomic mass is 19.1. The SMILES string of the molecule is O[C@@H]1C[C@H](c2cccc(F)c2)N(Cc2cn3cccnc3n2)C1. The third-order valence-corrected chi connectivity index (χ3v) is 4.27. The smallest absolute Gasteiger partial charge is 0.233 e. The Bertz CT molecular complexity index is 801. The van der Waals surface area contributed by atoms with Crippen molar-refractivity contribution >= 4 is 5.78 Å². The highest BCUT2D eigenvalue weighted by molar-refractivity contribution is 5.30. The molecule has 1 aliphatic heterocycles. The van der Waals surface area contributed by atoms with Gasteiger partial charge < -0.3 is 5.11 Å². The summed E-state index contributed by atoms with van der Waals surface area (Å²) >= 11 is 0. The molecule has 23 heavy (non-hydrogen) atoms. The minimum Gasteiger partial charge on any atom is -0.392 e. The Kier molecular flexibility index (Phi) is 3.55. The number of nitrogens with zero attached hydrogens (tertiary/aromatic N) is 4. The summed E-state index contributed by atoms with van der Waals surface area (Å²) in [4.78, 5) is 10.9. The van der Waals surface area contributed by atoms with Gasteiger partial charge in [-0.3, -0.25) is 9.30 Å². The van der Waals surface area contributed by atoms with Crippen LogP contribution in [0.15, 0.2) is 48.9 Å². The maximum absolute atomic E-state index is 13.5. The van der Waals surface area contributed by atoms with Gasteiger partial charge in [-0.15, -0.1) is 0 Å². The molecule has 2 atom stereocenters. The zero-order chi connectivity index (χ0) is 15.8. The number of aromatic nitrogens is 3. The van der Waals surface area contributed by atoms with Crippen LogP contribution >= 0.6 is 0 Å². The fourth-order valence-electron chi connectivity index (χ4n) is 3.28. The fraction of sp³-hybridized carbons (Fsp3) is 0.294. The number of halogens is 1. The molecule has 0 spiro atoms. The maximum atomic E-state index is 13.5. The van der Waals surface area contributed by atoms with E-state index in [2.05, 4.69) is 14.9 Å². The van der Waals surface area contributed by atoms with Crippen LogP contribution in [-0.2, 0) is 6.54 Å². The van der Waals surface area contributed by atoms with Gasteiger partial charge in [0.2, 0.25) is 5.78 Å². The maximum Gasteiger partial charge on any atom is 0.233 e. The van der Waals surface area contributed by atoms with Crippen LogP contribution in [-0.4, -0.2) is 37.0 Å². The van der Waals surface area contributed by atoms with Crippen molar-refractivity contribution < 1.29 is 9.50 Å². The van der Waals surface area contributed by atoms with E-state index in [0.29, 0.717) is 25.3 Å². The molecule has 1 fully saturated rings. The van der Waals surface area contributed by atoms with E-state index in [4.69, 9.17) is 0 Å². The topological polar surface area (TPSA) is 53.7 Å². The van der Waals surface area contributed by atoms with E-state index in [1.165, 1.54) is 6.07 Å². The predicted octanol–water partition coefficient (Wildman–Crippen LogP) is 2.18. The number of hydrogen-bond acceptors (Lipinski definition) is 4. The predicted molar refractivity (Wildman–Crippen MR) is 83.2 cm³/mol. The second-order valence-corrected chi connectivity index (χ2v) is 5.95. The van der Waals surface area contributed by atoms with Crippen molar-refractivity contribution in [1.82, 2.24) is 19.3 Å². The van der Waals surface area contributed by atoms with Crippen LogP contribution < -0.4 is 0 Å². The Balaban J connectivity index is 1.61. The third kappa shape index (κ3) is 2.83. The Morgan fingerprint density at radius 3 is 3.04 bits per heavy atom. The van der Waals surface area contributed by atoms with Gasteiger partial charge in [-0.1, -0.05) is 12.1 Å². The lowest BCUT2D eigenvalue weighted by atomic mass is 10.0. The monoisotopic (exact) mass is 312 g/mol. The highest BCUT2D eigenvalue weighted by Crippen LogP contribution is 2.33. The van der Waals surface area contributed by atoms with E-state index in [1.54, 1.807) is 18.3 Å². The van der Waals surface area contributed by atoms with Gasteiger partial charge in [0.15, 0.2) is 0 Å². The Hall–Kier alpha value is -2.31. The fourth-order valence-corrected chi connectivity index (χ4v) is 3.28. The first-order valence-corrected chi connectivity index (χ1v) is 7.65. The number of fused-ring (bicyclic) bond motifs is 1. The van der Waals surface area contributed by atoms with Crippen molar-refractivity contribution in [3.8, 4) is 0 Å². The van der Waals surface area contributed by atoms with Gasteiger partial charge in [-0.2, -0.15) is 0 Å². The number of benzene rings is 1. The molecule has 1 saturated heterocycles. The molecule has 5 nitrogen and oxygen atoms in total. The molecule has 2 aromatic heterocycles. The number of imidazole rings is 1. The van der Waals surface area contributed by atoms with Crippen molar-refractivity contribution in [3.05, 3.63) is 66.0 Å². The summed E-state index contributed by atoms with van der Waals surface area (Å²) < 4.78 is 15.4. The Morgan fingerprint density at radius 2 is 2.22 bits per heavy atom. The lowest BCUT2D eigenvalue weighted by Crippen LogP contribution is -2.24. The molecule has 0 saturated carbocycles. The van der Waals surface area contributed by atoms with Crippen LogP contribution in [0.3, 0.4) is 0 Å². The highest BCUT2D eigenvalue weighted by Gasteiger charge is 2.32. The average Bonchev–Trinajstić information content (AvgIpc) is 3.10. The van der Waals surface area contributed by atoms with Crippen LogP contribution in [0.4, 0.5) is 4.39 Å². The lowest BCUT2D eigenvalue weighted by molar-refractivity contribution is 0.172. The third-order valence-electron chi connectivity index (χ3n) is 4.27. The van der Waals surface area contributed by atoms with Gasteiger partial charge in [0.25, 0.3) is 0 Å². The van der Waals surface area contributed by atoms with Gasteiger partial charge >= 0.3 is 0 Å². The molecule has 0 amide bonds. The minimum atomic E-state index is -0.404. The van der Waals surface area contributed by atoms with Gasteiger partial charge in [0.05, 0.1) is 11.8 Å². The summed E-state index contributed by atoms with van der Waals surface area (Å²) in [6, 6.07) is 8.45. The lowest BCUT2D eigenvalue weighted by Gasteiger charge is -2.23. The molecule has 3 aromatic rings. The molecule has 3 heterocycles. The molecule has 1 aliphatic rings. The summed E-state index contributed by atoms with van der Waals surface area (Å²) in [6.45, 7) is 1.16. The second kappa shape index (κ2) is 5.72. The molecule has 1 N–H and O–H groups in total. The van der Waals surface area contributed by atoms with E-state index < -0.39 is 6.10 Å². The van der Waals surface area contributed by atoms with Crippen LogP contribution in [0.2, 0.25) is 0 Å². The molecular weight excluding hydrogens is 295 g/mol. The summed E-state index contributed by atoms with van der Waals surface area (Å²) in [5.41, 5.74) is 1.78. The van der Waals surface area contributed by atoms with Crippen LogP contribution in [0.1, 0.15) is 23.7 Å². The van der Waals surface area contributed by atoms with E-state index in [0.717, 1.165) is 11.3 Å². The summed E-state index contributed by atoms with van der Waals surface area (Å²) in [7, 11) is 0. The van der Waals surface area contributed by atoms with Crippen molar-refractivity contribution in [2.45, 2.75) is 25.1 Å². The molecule has 6 heteroatoms. The largest absolute Gasteiger partial charge is 0.392 e. The van der Waals surface area contributed by atoms with E-state index in [9.17, 15) is 9.50 Å². The summed E-state index contributed by atoms with van der Waals surface area (Å²) in [5.74, 6) is 0.408. The van der Waals surface area contributed by atoms with Crippen LogP contribution in [0, 0.1) is 5.82 Å². The van der Waals surface area contributed by atoms with Crippen molar-refractivity contribution in [3.63, 3.8) is 0 Å². The van der Waals surface area contributed by atoms with Gasteiger partial charge in [0, 0.05) is 37.7 Å². The quantitative estimate of drug-likeness (QED) is 0.805. The van der Waals surface area contributed by atoms with Crippen molar-refractivity contribution in [2.75, 3.05) is 6.54 Å². The van der Waals surface area contributed by atoms with Crippen LogP contribution in [0.25, 0.3) is 5.78 Å². The number of hydrogen-bond donors (Lipinski definition) is 1. The average molecular weight is 312 g/mol. The molecular formula is C17H17FN4O. The minimum absolute atomic E-state index is 0.00142. The Labute approximate surface area is 133 Å². The van der Waals surface area contributed by atoms with E-state index in [-0.39, 0.29) is 11.9 Å². The normalized spacial score (nSPS) is 22.0. The molecule has 0 radical (unpaired) electrons. The zero-order valence-electron chi connectivity index (χ0n) is 12.5. The number of rotatable bonds is 3. The van der Waals surface area contributed by atoms with Gasteiger partial charge in [0.1, 0.15) is 5.82 Å². The van der Waals surface area contributed by atoms with Gasteiger partial charge in [-0.05, 0) is 30.2 Å². The van der Waals surface area contributed by atoms with E-state index >= 15 is 0 Å². The molecule has 0 aliphatic carbocycles. The second-order valence-electron chi connectivity index (χ2n) is 5.95. The number of aliphatic hydroxyl groups is 1. The summed E-state index contributed by atoms with van der Waals surface area (Å²) in [5, 5.41) is 10.0. The number of β-amino-alcohol motifs (C(OH)–C–C–N with tert-alkyl or cyclic N) is 1. The van der Waals surface area contributed by atoms with Gasteiger partial charge in [-0.25, -0.2) is 14.4 Å². The van der Waals surface area contributed by atoms with Crippen molar-refractivity contribution in [2.24, 2.45) is 0 Å². The first-order chi connectivity index (χ1) is 11.2. The summed E-state index contributed by atoms with van der Waals surface area (Å²) in [6.07, 6.45) is 5.76. The van der Waals surface area contributed by atoms with E-state index in [1.807, 2.05) is 28.9 Å². The zero-order valence-corrected chi connectivity index (χ0v) is 12.5. The molecule has 118 valence electrons.